The summed E-state index contributed by atoms with van der Waals surface area (Å²) >= 11 is 0. The van der Waals surface area contributed by atoms with E-state index in [-0.39, 0.29) is 18.8 Å². The molecule has 2 aromatic rings. The fourth-order valence-electron chi connectivity index (χ4n) is 2.58. The minimum absolute atomic E-state index is 0.202. The summed E-state index contributed by atoms with van der Waals surface area (Å²) in [5.74, 6) is 1.16. The molecule has 0 aliphatic heterocycles. The van der Waals surface area contributed by atoms with Gasteiger partial charge < -0.3 is 9.47 Å². The van der Waals surface area contributed by atoms with Crippen LogP contribution in [-0.4, -0.2) is 31.9 Å². The maximum atomic E-state index is 10.8. The molecule has 2 rings (SSSR count). The molecule has 0 saturated heterocycles. The topological polar surface area (TPSA) is 72.8 Å². The molecule has 0 unspecified atom stereocenters. The van der Waals surface area contributed by atoms with Crippen LogP contribution in [0.2, 0.25) is 0 Å². The highest BCUT2D eigenvalue weighted by molar-refractivity contribution is 7.85. The number of rotatable bonds is 9. The van der Waals surface area contributed by atoms with Crippen LogP contribution in [0, 0.1) is 13.8 Å². The van der Waals surface area contributed by atoms with Crippen molar-refractivity contribution in [1.29, 1.82) is 0 Å². The average Bonchev–Trinajstić information content (AvgIpc) is 2.57. The van der Waals surface area contributed by atoms with Gasteiger partial charge in [-0.3, -0.25) is 4.55 Å². The zero-order valence-electron chi connectivity index (χ0n) is 15.5. The molecule has 0 aliphatic rings. The minimum Gasteiger partial charge on any atom is -0.493 e. The van der Waals surface area contributed by atoms with E-state index in [9.17, 15) is 8.42 Å². The number of ether oxygens (including phenoxy) is 2. The first-order chi connectivity index (χ1) is 12.3. The monoisotopic (exact) mass is 378 g/mol. The van der Waals surface area contributed by atoms with Crippen molar-refractivity contribution < 1.29 is 22.4 Å². The van der Waals surface area contributed by atoms with Gasteiger partial charge in [-0.15, -0.1) is 0 Å². The molecule has 0 fully saturated rings. The second kappa shape index (κ2) is 9.05. The van der Waals surface area contributed by atoms with Crippen LogP contribution in [0.25, 0.3) is 11.1 Å². The van der Waals surface area contributed by atoms with Crippen molar-refractivity contribution in [1.82, 2.24) is 0 Å². The lowest BCUT2D eigenvalue weighted by atomic mass is 10.0. The highest BCUT2D eigenvalue weighted by atomic mass is 32.2. The van der Waals surface area contributed by atoms with E-state index in [1.165, 1.54) is 0 Å². The zero-order chi connectivity index (χ0) is 19.2. The predicted molar refractivity (Wildman–Crippen MR) is 104 cm³/mol. The van der Waals surface area contributed by atoms with Gasteiger partial charge in [0.25, 0.3) is 10.1 Å². The van der Waals surface area contributed by atoms with Gasteiger partial charge in [-0.2, -0.15) is 8.42 Å². The standard InChI is InChI=1S/C20H26O5S/c1-4-10-24-19-13-15(2)6-8-17(19)18-9-7-16(3)14-20(18)25-11-5-12-26(21,22)23/h6-9,13-14H,4-5,10-12H2,1-3H3,(H,21,22,23). The smallest absolute Gasteiger partial charge is 0.264 e. The predicted octanol–water partition coefficient (Wildman–Crippen LogP) is 4.42. The van der Waals surface area contributed by atoms with Crippen molar-refractivity contribution in [2.45, 2.75) is 33.6 Å². The fraction of sp³-hybridized carbons (Fsp3) is 0.400. The minimum atomic E-state index is -3.97. The van der Waals surface area contributed by atoms with Gasteiger partial charge in [0.05, 0.1) is 19.0 Å². The average molecular weight is 378 g/mol. The molecule has 6 heteroatoms. The Morgan fingerprint density at radius 3 is 1.85 bits per heavy atom. The SMILES string of the molecule is CCCOc1cc(C)ccc1-c1ccc(C)cc1OCCCS(=O)(=O)O. The van der Waals surface area contributed by atoms with Gasteiger partial charge in [-0.1, -0.05) is 31.2 Å². The first-order valence-corrected chi connectivity index (χ1v) is 10.3. The Hall–Kier alpha value is -2.05. The molecule has 0 atom stereocenters. The zero-order valence-corrected chi connectivity index (χ0v) is 16.3. The van der Waals surface area contributed by atoms with Gasteiger partial charge in [-0.25, -0.2) is 0 Å². The normalized spacial score (nSPS) is 11.4. The van der Waals surface area contributed by atoms with Crippen molar-refractivity contribution in [3.8, 4) is 22.6 Å². The molecule has 0 aliphatic carbocycles. The second-order valence-electron chi connectivity index (χ2n) is 6.34. The summed E-state index contributed by atoms with van der Waals surface area (Å²) in [6.45, 7) is 6.88. The number of hydrogen-bond acceptors (Lipinski definition) is 4. The summed E-state index contributed by atoms with van der Waals surface area (Å²) in [5.41, 5.74) is 3.99. The van der Waals surface area contributed by atoms with E-state index in [4.69, 9.17) is 14.0 Å². The van der Waals surface area contributed by atoms with E-state index in [0.717, 1.165) is 34.4 Å². The molecule has 0 aromatic heterocycles. The Labute approximate surface area is 155 Å². The Morgan fingerprint density at radius 2 is 1.38 bits per heavy atom. The summed E-state index contributed by atoms with van der Waals surface area (Å²) in [7, 11) is -3.97. The van der Waals surface area contributed by atoms with E-state index < -0.39 is 10.1 Å². The van der Waals surface area contributed by atoms with Crippen molar-refractivity contribution >= 4 is 10.1 Å². The van der Waals surface area contributed by atoms with Gasteiger partial charge in [0.1, 0.15) is 11.5 Å². The molecule has 0 bridgehead atoms. The highest BCUT2D eigenvalue weighted by Crippen LogP contribution is 2.37. The quantitative estimate of drug-likeness (QED) is 0.517. The molecule has 0 radical (unpaired) electrons. The molecular formula is C20H26O5S. The van der Waals surface area contributed by atoms with Crippen LogP contribution in [0.1, 0.15) is 30.9 Å². The van der Waals surface area contributed by atoms with Crippen molar-refractivity contribution in [2.75, 3.05) is 19.0 Å². The van der Waals surface area contributed by atoms with E-state index in [1.54, 1.807) is 0 Å². The Morgan fingerprint density at radius 1 is 0.885 bits per heavy atom. The Balaban J connectivity index is 2.29. The van der Waals surface area contributed by atoms with Gasteiger partial charge in [-0.05, 0) is 49.9 Å². The lowest BCUT2D eigenvalue weighted by molar-refractivity contribution is 0.313. The van der Waals surface area contributed by atoms with Gasteiger partial charge in [0.15, 0.2) is 0 Å². The molecule has 1 N–H and O–H groups in total. The largest absolute Gasteiger partial charge is 0.493 e. The molecule has 0 saturated carbocycles. The third kappa shape index (κ3) is 6.04. The van der Waals surface area contributed by atoms with Crippen molar-refractivity contribution in [3.63, 3.8) is 0 Å². The lowest BCUT2D eigenvalue weighted by Crippen LogP contribution is -2.09. The van der Waals surface area contributed by atoms with E-state index in [0.29, 0.717) is 12.4 Å². The maximum Gasteiger partial charge on any atom is 0.264 e. The Bertz CT molecular complexity index is 843. The number of hydrogen-bond donors (Lipinski definition) is 1. The summed E-state index contributed by atoms with van der Waals surface area (Å²) in [6, 6.07) is 12.0. The van der Waals surface area contributed by atoms with Crippen LogP contribution in [-0.2, 0) is 10.1 Å². The molecule has 0 heterocycles. The number of benzene rings is 2. The van der Waals surface area contributed by atoms with Gasteiger partial charge in [0, 0.05) is 11.1 Å². The van der Waals surface area contributed by atoms with Crippen LogP contribution in [0.15, 0.2) is 36.4 Å². The summed E-state index contributed by atoms with van der Waals surface area (Å²) in [6.07, 6.45) is 1.14. The first kappa shape index (κ1) is 20.3. The van der Waals surface area contributed by atoms with Crippen molar-refractivity contribution in [2.24, 2.45) is 0 Å². The van der Waals surface area contributed by atoms with E-state index in [1.807, 2.05) is 50.2 Å². The van der Waals surface area contributed by atoms with Crippen LogP contribution in [0.4, 0.5) is 0 Å². The third-order valence-electron chi connectivity index (χ3n) is 3.83. The maximum absolute atomic E-state index is 10.8. The molecule has 142 valence electrons. The fourth-order valence-corrected chi connectivity index (χ4v) is 3.06. The van der Waals surface area contributed by atoms with Crippen LogP contribution in [0.5, 0.6) is 11.5 Å². The molecule has 26 heavy (non-hydrogen) atoms. The van der Waals surface area contributed by atoms with E-state index in [2.05, 4.69) is 6.92 Å². The van der Waals surface area contributed by atoms with Gasteiger partial charge in [0.2, 0.25) is 0 Å². The van der Waals surface area contributed by atoms with Gasteiger partial charge >= 0.3 is 0 Å². The van der Waals surface area contributed by atoms with Crippen molar-refractivity contribution in [3.05, 3.63) is 47.5 Å². The molecule has 0 amide bonds. The summed E-state index contributed by atoms with van der Waals surface area (Å²) < 4.78 is 42.3. The summed E-state index contributed by atoms with van der Waals surface area (Å²) in [4.78, 5) is 0. The molecule has 2 aromatic carbocycles. The lowest BCUT2D eigenvalue weighted by Gasteiger charge is -2.16. The van der Waals surface area contributed by atoms with Crippen LogP contribution in [0.3, 0.4) is 0 Å². The van der Waals surface area contributed by atoms with Crippen LogP contribution < -0.4 is 9.47 Å². The van der Waals surface area contributed by atoms with E-state index >= 15 is 0 Å². The molecular weight excluding hydrogens is 352 g/mol. The molecule has 5 nitrogen and oxygen atoms in total. The third-order valence-corrected chi connectivity index (χ3v) is 4.63. The summed E-state index contributed by atoms with van der Waals surface area (Å²) in [5, 5.41) is 0. The first-order valence-electron chi connectivity index (χ1n) is 8.72. The highest BCUT2D eigenvalue weighted by Gasteiger charge is 2.13. The second-order valence-corrected chi connectivity index (χ2v) is 7.91. The molecule has 0 spiro atoms. The number of aryl methyl sites for hydroxylation is 2. The Kier molecular flexibility index (Phi) is 7.06. The van der Waals surface area contributed by atoms with Crippen LogP contribution >= 0.6 is 0 Å².